The maximum absolute atomic E-state index is 17.1. The first kappa shape index (κ1) is 102. The minimum Gasteiger partial charge on any atom is -0.508 e. The molecule has 0 aromatic heterocycles. The average molecular weight is 1930 g/mol. The summed E-state index contributed by atoms with van der Waals surface area (Å²) in [5.41, 5.74) is 5.02. The third-order valence-corrected chi connectivity index (χ3v) is 25.3. The maximum Gasteiger partial charge on any atom is 0.373 e. The second-order valence-corrected chi connectivity index (χ2v) is 35.1. The minimum absolute atomic E-state index is 0.0741. The monoisotopic (exact) mass is 1930 g/mol. The van der Waals surface area contributed by atoms with Crippen molar-refractivity contribution < 1.29 is 162 Å². The summed E-state index contributed by atoms with van der Waals surface area (Å²) in [6.45, 7) is -0.497. The van der Waals surface area contributed by atoms with Gasteiger partial charge in [-0.15, -0.1) is 0 Å². The van der Waals surface area contributed by atoms with Crippen molar-refractivity contribution in [2.45, 2.75) is 251 Å². The number of aromatic hydroxyl groups is 4. The SMILES string of the molecule is CCCCCCCCCCCCCC(=O)NC1[C@H](Oc2c3cc4cc2Oc2ccc(cc2Cl)[C@@H](O[C@@H]2OC(CO)[C@@H](O)[C@H](O)C2NC(C)=O)[C@@H]2NC(=O)[C@H](CC(=O)[C@@H]4NC(=O)[C@H]4CC(=O)[C@@H](Cc5ccc(c(Cl)c5)O3)NC(=O)[C@H](N)c3ccc(O)c(c3)Oc3cc(O)cc4c3)c3ccc(O)c(c3)-c3c(cc(O)cc3O[C@H]3OC(CO)[C@@H](O)C(O)[C@H]3O)CNC2=O)OC(CO)[C@@H](O)[C@@H]1O.O=C=O. The first-order chi connectivity index (χ1) is 65.1. The summed E-state index contributed by atoms with van der Waals surface area (Å²) in [4.78, 5) is 141. The van der Waals surface area contributed by atoms with E-state index in [0.29, 0.717) is 12.8 Å². The van der Waals surface area contributed by atoms with Crippen molar-refractivity contribution in [3.8, 4) is 80.1 Å². The number of benzene rings is 7. The molecular formula is C94H107Cl2N7O33. The van der Waals surface area contributed by atoms with Crippen LogP contribution in [0.1, 0.15) is 173 Å². The van der Waals surface area contributed by atoms with Gasteiger partial charge in [0.15, 0.2) is 40.9 Å². The van der Waals surface area contributed by atoms with Gasteiger partial charge in [0.2, 0.25) is 53.8 Å². The van der Waals surface area contributed by atoms with E-state index in [1.165, 1.54) is 79.6 Å². The van der Waals surface area contributed by atoms with E-state index in [1.54, 1.807) is 0 Å². The number of aliphatic hydroxyl groups is 10. The zero-order valence-corrected chi connectivity index (χ0v) is 75.0. The summed E-state index contributed by atoms with van der Waals surface area (Å²) in [6, 6.07) is 11.3. The molecule has 0 spiro atoms. The summed E-state index contributed by atoms with van der Waals surface area (Å²) >= 11 is 14.8. The standard InChI is InChI=1S/C93H107Cl2N7O31.CO2/c1-3-4-5-6-7-8-9-10-11-12-13-14-71(113)100-76-82(118)79(115)69(39-104)130-92(76)133-86-66-31-47-32-67(86)127-63-22-18-45(29-56(63)95)85(132-91-75(98-41(2)106)81(117)78(114)68(38-103)129-91)77-90(124)97-37-48-26-50(108)34-65(128-93-84(120)83(119)80(116)70(40-105)131-93)72(48)54-28-43(16-19-58(54)109)52(87(121)102-77)36-61(112)74(47)101-88(122)53-35-60(111)57(24-42-15-21-62(126-66)55(94)23-42)99-89(123)73(96)44-17-20-59(110)64(30-44)125-51-27-46(53)25-49(107)33-51;2-1-3/h15-23,25-34,52-53,57,68-70,73-85,91-93,103-105,107-110,114-120H,3-14,24,35-40,96H2,1-2H3,(H,97,124)(H,98,106)(H,99,123)(H,100,113)(H,101,122)(H,102,121);/t52-,53+,57-,68?,69?,70?,73-,74-,75?,76?,77+,78-,79-,80-,81-,82-,83?,84-,85-,91+,92+,93+;/m1./s1. The van der Waals surface area contributed by atoms with Crippen LogP contribution in [0.2, 0.25) is 10.0 Å². The van der Waals surface area contributed by atoms with Crippen molar-refractivity contribution in [1.29, 1.82) is 0 Å². The Hall–Kier alpha value is -11.7. The number of carbonyl (C=O) groups is 8. The van der Waals surface area contributed by atoms with Gasteiger partial charge in [-0.25, -0.2) is 0 Å². The van der Waals surface area contributed by atoms with Gasteiger partial charge >= 0.3 is 6.15 Å². The van der Waals surface area contributed by atoms with Crippen molar-refractivity contribution in [3.63, 3.8) is 0 Å². The Morgan fingerprint density at radius 3 is 1.68 bits per heavy atom. The molecule has 16 rings (SSSR count). The first-order valence-corrected chi connectivity index (χ1v) is 45.1. The fraction of sp³-hybridized carbons (Fsp3) is 0.457. The number of amides is 6. The lowest BCUT2D eigenvalue weighted by Crippen LogP contribution is -2.65. The van der Waals surface area contributed by atoms with Crippen molar-refractivity contribution >= 4 is 76.4 Å². The molecular weight excluding hydrogens is 1830 g/mol. The van der Waals surface area contributed by atoms with Crippen LogP contribution in [0.25, 0.3) is 11.1 Å². The number of hydrogen-bond acceptors (Lipinski definition) is 34. The summed E-state index contributed by atoms with van der Waals surface area (Å²) < 4.78 is 58.1. The quantitative estimate of drug-likeness (QED) is 0.0397. The number of ketones is 2. The van der Waals surface area contributed by atoms with Crippen LogP contribution < -0.4 is 61.3 Å². The minimum atomic E-state index is -2.30. The smallest absolute Gasteiger partial charge is 0.373 e. The summed E-state index contributed by atoms with van der Waals surface area (Å²) in [7, 11) is 0. The number of fused-ring (bicyclic) bond motifs is 14. The Labute approximate surface area is 787 Å². The van der Waals surface area contributed by atoms with E-state index in [0.717, 1.165) is 100 Å². The summed E-state index contributed by atoms with van der Waals surface area (Å²) in [5, 5.41) is 175. The number of aliphatic hydroxyl groups excluding tert-OH is 10. The van der Waals surface area contributed by atoms with Crippen molar-refractivity contribution in [2.75, 3.05) is 19.8 Å². The maximum atomic E-state index is 17.1. The number of hydrogen-bond donors (Lipinski definition) is 21. The van der Waals surface area contributed by atoms with Gasteiger partial charge in [-0.2, -0.15) is 9.59 Å². The van der Waals surface area contributed by atoms with Crippen molar-refractivity contribution in [2.24, 2.45) is 5.73 Å². The van der Waals surface area contributed by atoms with Gasteiger partial charge in [0.1, 0.15) is 138 Å². The Morgan fingerprint density at radius 1 is 0.500 bits per heavy atom. The molecule has 40 nitrogen and oxygen atoms in total. The van der Waals surface area contributed by atoms with Gasteiger partial charge in [-0.1, -0.05) is 119 Å². The number of nitrogens with one attached hydrogen (secondary N) is 6. The molecule has 136 heavy (non-hydrogen) atoms. The number of ether oxygens (including phenoxy) is 9. The van der Waals surface area contributed by atoms with Gasteiger partial charge in [0.05, 0.1) is 47.7 Å². The zero-order valence-electron chi connectivity index (χ0n) is 73.5. The first-order valence-electron chi connectivity index (χ1n) is 44.4. The van der Waals surface area contributed by atoms with Gasteiger partial charge in [0, 0.05) is 56.0 Å². The number of nitrogens with two attached hydrogens (primary N) is 1. The predicted octanol–water partition coefficient (Wildman–Crippen LogP) is 4.29. The number of halogens is 2. The van der Waals surface area contributed by atoms with Crippen molar-refractivity contribution in [3.05, 3.63) is 164 Å². The van der Waals surface area contributed by atoms with Crippen LogP contribution in [-0.4, -0.2) is 249 Å². The summed E-state index contributed by atoms with van der Waals surface area (Å²) in [6.07, 6.45) is -19.0. The molecule has 6 unspecified atom stereocenters. The molecule has 22 atom stereocenters. The van der Waals surface area contributed by atoms with E-state index < -0.39 is 289 Å². The second kappa shape index (κ2) is 45.5. The molecule has 9 aliphatic heterocycles. The molecule has 7 aromatic carbocycles. The fourth-order valence-electron chi connectivity index (χ4n) is 17.5. The third kappa shape index (κ3) is 23.6. The van der Waals surface area contributed by atoms with Crippen LogP contribution in [-0.2, 0) is 79.9 Å². The number of phenols is 4. The lowest BCUT2D eigenvalue weighted by molar-refractivity contribution is -0.284. The topological polar surface area (TPSA) is 635 Å². The number of unbranched alkanes of at least 4 members (excludes halogenated alkanes) is 10. The van der Waals surface area contributed by atoms with Gasteiger partial charge in [0.25, 0.3) is 0 Å². The fourth-order valence-corrected chi connectivity index (χ4v) is 18.0. The third-order valence-electron chi connectivity index (χ3n) is 24.7. The second-order valence-electron chi connectivity index (χ2n) is 34.3. The van der Waals surface area contributed by atoms with Gasteiger partial charge in [-0.3, -0.25) is 38.4 Å². The molecule has 0 aliphatic carbocycles. The van der Waals surface area contributed by atoms with E-state index in [2.05, 4.69) is 38.8 Å². The van der Waals surface area contributed by atoms with E-state index in [1.807, 2.05) is 0 Å². The molecule has 730 valence electrons. The molecule has 17 bridgehead atoms. The molecule has 3 saturated heterocycles. The van der Waals surface area contributed by atoms with Crippen LogP contribution in [0.5, 0.6) is 69.0 Å². The van der Waals surface area contributed by atoms with E-state index in [9.17, 15) is 85.9 Å². The highest BCUT2D eigenvalue weighted by Crippen LogP contribution is 2.51. The van der Waals surface area contributed by atoms with Crippen LogP contribution >= 0.6 is 23.2 Å². The number of rotatable bonds is 23. The van der Waals surface area contributed by atoms with Crippen LogP contribution in [0, 0.1) is 0 Å². The largest absolute Gasteiger partial charge is 0.508 e. The Bertz CT molecular complexity index is 5570. The van der Waals surface area contributed by atoms with E-state index >= 15 is 24.0 Å². The van der Waals surface area contributed by atoms with E-state index in [4.69, 9.17) is 81.2 Å². The van der Waals surface area contributed by atoms with Gasteiger partial charge in [-0.05, 0) is 131 Å². The van der Waals surface area contributed by atoms with Crippen LogP contribution in [0.15, 0.2) is 115 Å². The molecule has 9 heterocycles. The average Bonchev–Trinajstić information content (AvgIpc) is 0.762. The molecule has 6 amide bonds. The van der Waals surface area contributed by atoms with Crippen LogP contribution in [0.3, 0.4) is 0 Å². The molecule has 0 saturated carbocycles. The highest BCUT2D eigenvalue weighted by atomic mass is 35.5. The Morgan fingerprint density at radius 2 is 1.05 bits per heavy atom. The van der Waals surface area contributed by atoms with Crippen molar-refractivity contribution in [1.82, 2.24) is 31.9 Å². The highest BCUT2D eigenvalue weighted by molar-refractivity contribution is 6.32. The molecule has 0 radical (unpaired) electrons. The Balaban J connectivity index is 0.00000515. The molecule has 7 aromatic rings. The number of carbonyl (C=O) groups excluding carboxylic acids is 10. The van der Waals surface area contributed by atoms with E-state index in [-0.39, 0.29) is 79.4 Å². The molecule has 42 heteroatoms. The molecule has 22 N–H and O–H groups in total. The molecule has 3 fully saturated rings. The van der Waals surface area contributed by atoms with Gasteiger partial charge < -0.3 is 152 Å². The van der Waals surface area contributed by atoms with Crippen LogP contribution in [0.4, 0.5) is 0 Å². The molecule has 9 aliphatic rings. The number of Topliss-reactive ketones (excluding diaryl/α,β-unsaturated/α-hetero) is 2. The Kier molecular flexibility index (Phi) is 34.0. The highest BCUT2D eigenvalue weighted by Gasteiger charge is 2.52. The lowest BCUT2D eigenvalue weighted by atomic mass is 9.85. The summed E-state index contributed by atoms with van der Waals surface area (Å²) in [5.74, 6) is -18.3. The lowest BCUT2D eigenvalue weighted by Gasteiger charge is -2.44. The number of phenolic OH excluding ortho intramolecular Hbond substituents is 4. The zero-order chi connectivity index (χ0) is 97.8. The normalized spacial score (nSPS) is 27.8. The predicted molar refractivity (Wildman–Crippen MR) is 473 cm³/mol.